The van der Waals surface area contributed by atoms with Crippen molar-refractivity contribution in [2.24, 2.45) is 0 Å². The van der Waals surface area contributed by atoms with Crippen molar-refractivity contribution in [2.45, 2.75) is 25.5 Å². The molecule has 2 aliphatic rings. The molecule has 2 aliphatic heterocycles. The third-order valence-electron chi connectivity index (χ3n) is 4.74. The number of hydrogen-bond acceptors (Lipinski definition) is 4. The van der Waals surface area contributed by atoms with Gasteiger partial charge in [-0.2, -0.15) is 0 Å². The summed E-state index contributed by atoms with van der Waals surface area (Å²) in [6.07, 6.45) is 0.911. The van der Waals surface area contributed by atoms with Crippen molar-refractivity contribution in [1.29, 1.82) is 0 Å². The van der Waals surface area contributed by atoms with E-state index in [1.807, 2.05) is 0 Å². The fraction of sp³-hybridized carbons (Fsp3) is 0.316. The van der Waals surface area contributed by atoms with Crippen molar-refractivity contribution in [3.05, 3.63) is 58.9 Å². The van der Waals surface area contributed by atoms with E-state index in [0.717, 1.165) is 25.1 Å². The molecule has 2 heterocycles. The Morgan fingerprint density at radius 3 is 2.58 bits per heavy atom. The van der Waals surface area contributed by atoms with Gasteiger partial charge < -0.3 is 9.84 Å². The van der Waals surface area contributed by atoms with Crippen LogP contribution >= 0.6 is 0 Å². The van der Waals surface area contributed by atoms with Crippen LogP contribution in [0.4, 0.5) is 4.39 Å². The molecule has 124 valence electrons. The summed E-state index contributed by atoms with van der Waals surface area (Å²) in [4.78, 5) is 14.9. The number of phenols is 1. The summed E-state index contributed by atoms with van der Waals surface area (Å²) in [5.74, 6) is 0.270. The number of ether oxygens (including phenoxy) is 1. The lowest BCUT2D eigenvalue weighted by atomic mass is 9.92. The van der Waals surface area contributed by atoms with E-state index in [0.29, 0.717) is 23.4 Å². The van der Waals surface area contributed by atoms with Crippen LogP contribution in [0.5, 0.6) is 11.5 Å². The van der Waals surface area contributed by atoms with Gasteiger partial charge in [-0.25, -0.2) is 4.39 Å². The Labute approximate surface area is 139 Å². The number of ketones is 1. The van der Waals surface area contributed by atoms with Gasteiger partial charge in [-0.3, -0.25) is 9.69 Å². The lowest BCUT2D eigenvalue weighted by Crippen LogP contribution is -2.37. The van der Waals surface area contributed by atoms with Crippen LogP contribution in [0.2, 0.25) is 0 Å². The van der Waals surface area contributed by atoms with Crippen molar-refractivity contribution in [3.63, 3.8) is 0 Å². The monoisotopic (exact) mass is 327 g/mol. The zero-order valence-electron chi connectivity index (χ0n) is 13.2. The van der Waals surface area contributed by atoms with Gasteiger partial charge in [0.15, 0.2) is 5.78 Å². The van der Waals surface area contributed by atoms with Gasteiger partial charge in [-0.05, 0) is 49.3 Å². The Balaban J connectivity index is 1.67. The van der Waals surface area contributed by atoms with E-state index in [1.165, 1.54) is 12.1 Å². The molecule has 1 unspecified atom stereocenters. The molecule has 0 radical (unpaired) electrons. The molecule has 5 heteroatoms. The molecule has 4 rings (SSSR count). The Morgan fingerprint density at radius 1 is 1.17 bits per heavy atom. The number of carbonyl (C=O) groups is 1. The second-order valence-electron chi connectivity index (χ2n) is 6.35. The normalized spacial score (nSPS) is 20.2. The van der Waals surface area contributed by atoms with Gasteiger partial charge in [0.2, 0.25) is 0 Å². The van der Waals surface area contributed by atoms with Crippen LogP contribution in [-0.2, 0) is 6.54 Å². The van der Waals surface area contributed by atoms with Crippen LogP contribution in [0, 0.1) is 5.82 Å². The third kappa shape index (κ3) is 2.65. The van der Waals surface area contributed by atoms with Crippen LogP contribution in [0.25, 0.3) is 0 Å². The molecular weight excluding hydrogens is 309 g/mol. The Morgan fingerprint density at radius 2 is 1.92 bits per heavy atom. The molecule has 1 fully saturated rings. The number of Topliss-reactive ketones (excluding diaryl/α,β-unsaturated/α-hetero) is 1. The van der Waals surface area contributed by atoms with E-state index in [2.05, 4.69) is 4.90 Å². The van der Waals surface area contributed by atoms with Crippen molar-refractivity contribution in [2.75, 3.05) is 13.1 Å². The third-order valence-corrected chi connectivity index (χ3v) is 4.74. The fourth-order valence-corrected chi connectivity index (χ4v) is 3.27. The number of fused-ring (bicyclic) bond motifs is 1. The summed E-state index contributed by atoms with van der Waals surface area (Å²) in [5, 5.41) is 10.2. The lowest BCUT2D eigenvalue weighted by molar-refractivity contribution is 0.0842. The standard InChI is InChI=1S/C19H18FNO3/c20-13-4-2-12(3-5-13)18-10-16(23)19-14(11-21-8-1-9-21)15(22)6-7-17(19)24-18/h2-7,18,22H,1,8-11H2. The first-order valence-electron chi connectivity index (χ1n) is 8.14. The molecule has 1 atom stereocenters. The molecule has 0 bridgehead atoms. The van der Waals surface area contributed by atoms with Crippen LogP contribution < -0.4 is 4.74 Å². The zero-order valence-corrected chi connectivity index (χ0v) is 13.2. The predicted molar refractivity (Wildman–Crippen MR) is 86.7 cm³/mol. The smallest absolute Gasteiger partial charge is 0.171 e. The molecule has 2 aromatic rings. The van der Waals surface area contributed by atoms with Gasteiger partial charge in [0.25, 0.3) is 0 Å². The number of aromatic hydroxyl groups is 1. The van der Waals surface area contributed by atoms with Gasteiger partial charge in [-0.15, -0.1) is 0 Å². The Kier molecular flexibility index (Phi) is 3.73. The van der Waals surface area contributed by atoms with E-state index in [1.54, 1.807) is 24.3 Å². The van der Waals surface area contributed by atoms with Crippen molar-refractivity contribution < 1.29 is 19.0 Å². The number of benzene rings is 2. The SMILES string of the molecule is O=C1CC(c2ccc(F)cc2)Oc2ccc(O)c(CN3CCC3)c21. The summed E-state index contributed by atoms with van der Waals surface area (Å²) >= 11 is 0. The molecule has 0 spiro atoms. The minimum absolute atomic E-state index is 0.0444. The summed E-state index contributed by atoms with van der Waals surface area (Å²) in [5.41, 5.74) is 1.91. The van der Waals surface area contributed by atoms with Crippen LogP contribution in [0.3, 0.4) is 0 Å². The largest absolute Gasteiger partial charge is 0.508 e. The van der Waals surface area contributed by atoms with E-state index in [-0.39, 0.29) is 23.8 Å². The first kappa shape index (κ1) is 15.1. The number of rotatable bonds is 3. The first-order valence-corrected chi connectivity index (χ1v) is 8.14. The molecular formula is C19H18FNO3. The highest BCUT2D eigenvalue weighted by Gasteiger charge is 2.32. The Bertz CT molecular complexity index is 784. The molecule has 0 aromatic heterocycles. The van der Waals surface area contributed by atoms with Crippen LogP contribution in [0.15, 0.2) is 36.4 Å². The second-order valence-corrected chi connectivity index (χ2v) is 6.35. The molecule has 0 amide bonds. The van der Waals surface area contributed by atoms with Crippen molar-refractivity contribution in [1.82, 2.24) is 4.90 Å². The quantitative estimate of drug-likeness (QED) is 0.938. The number of halogens is 1. The molecule has 2 aromatic carbocycles. The van der Waals surface area contributed by atoms with Gasteiger partial charge in [0.05, 0.1) is 12.0 Å². The van der Waals surface area contributed by atoms with Gasteiger partial charge in [0.1, 0.15) is 23.4 Å². The average molecular weight is 327 g/mol. The van der Waals surface area contributed by atoms with Gasteiger partial charge in [0, 0.05) is 12.1 Å². The predicted octanol–water partition coefficient (Wildman–Crippen LogP) is 3.44. The maximum absolute atomic E-state index is 13.1. The molecule has 0 aliphatic carbocycles. The first-order chi connectivity index (χ1) is 11.6. The maximum Gasteiger partial charge on any atom is 0.171 e. The van der Waals surface area contributed by atoms with Crippen LogP contribution in [0.1, 0.15) is 40.4 Å². The molecule has 1 N–H and O–H groups in total. The average Bonchev–Trinajstić information content (AvgIpc) is 2.53. The highest BCUT2D eigenvalue weighted by Crippen LogP contribution is 2.40. The number of hydrogen-bond donors (Lipinski definition) is 1. The zero-order chi connectivity index (χ0) is 16.7. The number of nitrogens with zero attached hydrogens (tertiary/aromatic N) is 1. The second kappa shape index (κ2) is 5.91. The molecule has 4 nitrogen and oxygen atoms in total. The highest BCUT2D eigenvalue weighted by atomic mass is 19.1. The topological polar surface area (TPSA) is 49.8 Å². The summed E-state index contributed by atoms with van der Waals surface area (Å²) in [6, 6.07) is 9.22. The number of likely N-dealkylation sites (tertiary alicyclic amines) is 1. The highest BCUT2D eigenvalue weighted by molar-refractivity contribution is 6.02. The van der Waals surface area contributed by atoms with E-state index < -0.39 is 6.10 Å². The van der Waals surface area contributed by atoms with E-state index >= 15 is 0 Å². The van der Waals surface area contributed by atoms with E-state index in [9.17, 15) is 14.3 Å². The van der Waals surface area contributed by atoms with Gasteiger partial charge >= 0.3 is 0 Å². The molecule has 0 saturated carbocycles. The minimum Gasteiger partial charge on any atom is -0.508 e. The number of carbonyl (C=O) groups excluding carboxylic acids is 1. The van der Waals surface area contributed by atoms with E-state index in [4.69, 9.17) is 4.74 Å². The lowest BCUT2D eigenvalue weighted by Gasteiger charge is -2.33. The Hall–Kier alpha value is -2.40. The molecule has 1 saturated heterocycles. The summed E-state index contributed by atoms with van der Waals surface area (Å²) in [6.45, 7) is 2.53. The summed E-state index contributed by atoms with van der Waals surface area (Å²) < 4.78 is 19.1. The van der Waals surface area contributed by atoms with Gasteiger partial charge in [-0.1, -0.05) is 12.1 Å². The minimum atomic E-state index is -0.424. The maximum atomic E-state index is 13.1. The van der Waals surface area contributed by atoms with Crippen LogP contribution in [-0.4, -0.2) is 28.9 Å². The van der Waals surface area contributed by atoms with Crippen molar-refractivity contribution >= 4 is 5.78 Å². The fourth-order valence-electron chi connectivity index (χ4n) is 3.27. The number of phenolic OH excluding ortho intramolecular Hbond substituents is 1. The molecule has 24 heavy (non-hydrogen) atoms. The summed E-state index contributed by atoms with van der Waals surface area (Å²) in [7, 11) is 0. The van der Waals surface area contributed by atoms with Crippen molar-refractivity contribution in [3.8, 4) is 11.5 Å².